The third-order valence-corrected chi connectivity index (χ3v) is 4.26. The van der Waals surface area contributed by atoms with E-state index in [4.69, 9.17) is 0 Å². The van der Waals surface area contributed by atoms with Gasteiger partial charge in [-0.25, -0.2) is 4.79 Å². The molecule has 1 aliphatic rings. The molecule has 2 amide bonds. The highest BCUT2D eigenvalue weighted by molar-refractivity contribution is 7.97. The van der Waals surface area contributed by atoms with Gasteiger partial charge >= 0.3 is 6.03 Å². The SMILES string of the molecule is CSCc1cccc(NC(=O)NC[C@@H]2CCC[C@@H]2O)c1. The van der Waals surface area contributed by atoms with Crippen LogP contribution in [0.4, 0.5) is 10.5 Å². The number of carbonyl (C=O) groups excluding carboxylic acids is 1. The van der Waals surface area contributed by atoms with E-state index in [9.17, 15) is 9.90 Å². The minimum absolute atomic E-state index is 0.198. The van der Waals surface area contributed by atoms with Gasteiger partial charge in [0.05, 0.1) is 6.10 Å². The van der Waals surface area contributed by atoms with Crippen LogP contribution in [0.2, 0.25) is 0 Å². The first-order valence-electron chi connectivity index (χ1n) is 7.00. The average Bonchev–Trinajstić information content (AvgIpc) is 2.83. The van der Waals surface area contributed by atoms with Crippen molar-refractivity contribution >= 4 is 23.5 Å². The third-order valence-electron chi connectivity index (χ3n) is 3.64. The predicted molar refractivity (Wildman–Crippen MR) is 84.0 cm³/mol. The average molecular weight is 294 g/mol. The van der Waals surface area contributed by atoms with E-state index in [0.29, 0.717) is 6.54 Å². The topological polar surface area (TPSA) is 61.4 Å². The van der Waals surface area contributed by atoms with Gasteiger partial charge in [0.2, 0.25) is 0 Å². The van der Waals surface area contributed by atoms with Crippen LogP contribution in [-0.4, -0.2) is 30.0 Å². The van der Waals surface area contributed by atoms with Crippen molar-refractivity contribution in [2.45, 2.75) is 31.1 Å². The quantitative estimate of drug-likeness (QED) is 0.782. The lowest BCUT2D eigenvalue weighted by Crippen LogP contribution is -2.35. The zero-order valence-corrected chi connectivity index (χ0v) is 12.6. The molecule has 5 heteroatoms. The molecule has 0 unspecified atom stereocenters. The summed E-state index contributed by atoms with van der Waals surface area (Å²) in [7, 11) is 0. The Morgan fingerprint density at radius 1 is 1.45 bits per heavy atom. The number of anilines is 1. The van der Waals surface area contributed by atoms with E-state index in [1.165, 1.54) is 5.56 Å². The third kappa shape index (κ3) is 4.42. The summed E-state index contributed by atoms with van der Waals surface area (Å²) in [5, 5.41) is 15.4. The second kappa shape index (κ2) is 7.55. The Hall–Kier alpha value is -1.20. The fourth-order valence-electron chi connectivity index (χ4n) is 2.56. The van der Waals surface area contributed by atoms with Gasteiger partial charge in [0.25, 0.3) is 0 Å². The molecule has 110 valence electrons. The standard InChI is InChI=1S/C15H22N2O2S/c1-20-10-11-4-2-6-13(8-11)17-15(19)16-9-12-5-3-7-14(12)18/h2,4,6,8,12,14,18H,3,5,7,9-10H2,1H3,(H2,16,17,19)/t12-,14-/m0/s1. The molecule has 1 aromatic rings. The van der Waals surface area contributed by atoms with Gasteiger partial charge in [-0.05, 0) is 36.8 Å². The first-order chi connectivity index (χ1) is 9.69. The molecule has 1 saturated carbocycles. The molecule has 0 saturated heterocycles. The highest BCUT2D eigenvalue weighted by atomic mass is 32.2. The fraction of sp³-hybridized carbons (Fsp3) is 0.533. The van der Waals surface area contributed by atoms with Gasteiger partial charge in [-0.2, -0.15) is 11.8 Å². The van der Waals surface area contributed by atoms with Crippen LogP contribution in [0.25, 0.3) is 0 Å². The number of amides is 2. The number of urea groups is 1. The summed E-state index contributed by atoms with van der Waals surface area (Å²) in [4.78, 5) is 11.8. The van der Waals surface area contributed by atoms with Crippen LogP contribution in [0.1, 0.15) is 24.8 Å². The molecular weight excluding hydrogens is 272 g/mol. The Labute approximate surface area is 124 Å². The molecule has 0 spiro atoms. The first-order valence-corrected chi connectivity index (χ1v) is 8.39. The summed E-state index contributed by atoms with van der Waals surface area (Å²) < 4.78 is 0. The van der Waals surface area contributed by atoms with Gasteiger partial charge in [-0.1, -0.05) is 18.6 Å². The Morgan fingerprint density at radius 2 is 2.30 bits per heavy atom. The summed E-state index contributed by atoms with van der Waals surface area (Å²) in [5.74, 6) is 1.13. The number of aliphatic hydroxyl groups excluding tert-OH is 1. The molecule has 0 aromatic heterocycles. The Bertz CT molecular complexity index is 453. The van der Waals surface area contributed by atoms with E-state index in [1.54, 1.807) is 11.8 Å². The highest BCUT2D eigenvalue weighted by Gasteiger charge is 2.25. The molecule has 2 rings (SSSR count). The molecule has 1 aromatic carbocycles. The zero-order chi connectivity index (χ0) is 14.4. The van der Waals surface area contributed by atoms with Crippen LogP contribution in [0.15, 0.2) is 24.3 Å². The summed E-state index contributed by atoms with van der Waals surface area (Å²) >= 11 is 1.75. The van der Waals surface area contributed by atoms with Crippen LogP contribution in [0.5, 0.6) is 0 Å². The maximum atomic E-state index is 11.8. The number of nitrogens with one attached hydrogen (secondary N) is 2. The monoisotopic (exact) mass is 294 g/mol. The van der Waals surface area contributed by atoms with Crippen LogP contribution in [-0.2, 0) is 5.75 Å². The largest absolute Gasteiger partial charge is 0.393 e. The molecule has 0 heterocycles. The molecule has 2 atom stereocenters. The summed E-state index contributed by atoms with van der Waals surface area (Å²) in [6.45, 7) is 0.539. The van der Waals surface area contributed by atoms with E-state index in [0.717, 1.165) is 30.7 Å². The van der Waals surface area contributed by atoms with Gasteiger partial charge in [0.15, 0.2) is 0 Å². The number of aliphatic hydroxyl groups is 1. The van der Waals surface area contributed by atoms with E-state index in [-0.39, 0.29) is 18.1 Å². The van der Waals surface area contributed by atoms with Crippen molar-refractivity contribution in [3.05, 3.63) is 29.8 Å². The smallest absolute Gasteiger partial charge is 0.319 e. The van der Waals surface area contributed by atoms with Crippen molar-refractivity contribution in [3.8, 4) is 0 Å². The number of hydrogen-bond acceptors (Lipinski definition) is 3. The number of rotatable bonds is 5. The van der Waals surface area contributed by atoms with Crippen molar-refractivity contribution in [2.75, 3.05) is 18.1 Å². The number of benzene rings is 1. The maximum Gasteiger partial charge on any atom is 0.319 e. The maximum absolute atomic E-state index is 11.8. The van der Waals surface area contributed by atoms with Crippen LogP contribution in [0.3, 0.4) is 0 Å². The summed E-state index contributed by atoms with van der Waals surface area (Å²) in [5.41, 5.74) is 2.00. The van der Waals surface area contributed by atoms with Crippen molar-refractivity contribution < 1.29 is 9.90 Å². The van der Waals surface area contributed by atoms with Crippen molar-refractivity contribution in [1.82, 2.24) is 5.32 Å². The second-order valence-electron chi connectivity index (χ2n) is 5.23. The molecule has 20 heavy (non-hydrogen) atoms. The van der Waals surface area contributed by atoms with E-state index in [1.807, 2.05) is 18.2 Å². The minimum atomic E-state index is -0.264. The molecule has 0 radical (unpaired) electrons. The highest BCUT2D eigenvalue weighted by Crippen LogP contribution is 2.24. The van der Waals surface area contributed by atoms with Gasteiger partial charge in [0.1, 0.15) is 0 Å². The molecular formula is C15H22N2O2S. The number of hydrogen-bond donors (Lipinski definition) is 3. The van der Waals surface area contributed by atoms with Gasteiger partial charge in [-0.15, -0.1) is 0 Å². The van der Waals surface area contributed by atoms with Crippen molar-refractivity contribution in [2.24, 2.45) is 5.92 Å². The lowest BCUT2D eigenvalue weighted by atomic mass is 10.1. The summed E-state index contributed by atoms with van der Waals surface area (Å²) in [6.07, 6.45) is 4.68. The van der Waals surface area contributed by atoms with Crippen LogP contribution >= 0.6 is 11.8 Å². The normalized spacial score (nSPS) is 21.7. The van der Waals surface area contributed by atoms with E-state index < -0.39 is 0 Å². The summed E-state index contributed by atoms with van der Waals surface area (Å²) in [6, 6.07) is 7.66. The second-order valence-corrected chi connectivity index (χ2v) is 6.09. The molecule has 3 N–H and O–H groups in total. The fourth-order valence-corrected chi connectivity index (χ4v) is 3.07. The Morgan fingerprint density at radius 3 is 3.00 bits per heavy atom. The van der Waals surface area contributed by atoms with Crippen LogP contribution in [0, 0.1) is 5.92 Å². The molecule has 1 aliphatic carbocycles. The number of thioether (sulfide) groups is 1. The van der Waals surface area contributed by atoms with E-state index in [2.05, 4.69) is 23.0 Å². The Kier molecular flexibility index (Phi) is 5.73. The lowest BCUT2D eigenvalue weighted by Gasteiger charge is -2.15. The molecule has 0 aliphatic heterocycles. The van der Waals surface area contributed by atoms with Gasteiger partial charge in [-0.3, -0.25) is 0 Å². The van der Waals surface area contributed by atoms with Crippen molar-refractivity contribution in [3.63, 3.8) is 0 Å². The predicted octanol–water partition coefficient (Wildman–Crippen LogP) is 2.83. The van der Waals surface area contributed by atoms with E-state index >= 15 is 0 Å². The van der Waals surface area contributed by atoms with Gasteiger partial charge < -0.3 is 15.7 Å². The number of carbonyl (C=O) groups is 1. The minimum Gasteiger partial charge on any atom is -0.393 e. The molecule has 1 fully saturated rings. The molecule has 4 nitrogen and oxygen atoms in total. The van der Waals surface area contributed by atoms with Crippen LogP contribution < -0.4 is 10.6 Å². The first kappa shape index (κ1) is 15.2. The van der Waals surface area contributed by atoms with Crippen molar-refractivity contribution in [1.29, 1.82) is 0 Å². The zero-order valence-electron chi connectivity index (χ0n) is 11.8. The lowest BCUT2D eigenvalue weighted by molar-refractivity contribution is 0.133. The van der Waals surface area contributed by atoms with Gasteiger partial charge in [0, 0.05) is 23.9 Å². The Balaban J connectivity index is 1.80. The molecule has 0 bridgehead atoms.